The van der Waals surface area contributed by atoms with E-state index >= 15 is 0 Å². The molecule has 0 spiro atoms. The van der Waals surface area contributed by atoms with Gasteiger partial charge in [-0.05, 0) is 70.8 Å². The fraction of sp³-hybridized carbons (Fsp3) is 0.421. The number of rotatable bonds is 2. The molecule has 0 amide bonds. The van der Waals surface area contributed by atoms with Crippen LogP contribution >= 0.6 is 47.8 Å². The first-order valence-corrected chi connectivity index (χ1v) is 10.3. The lowest BCUT2D eigenvalue weighted by Crippen LogP contribution is -2.19. The number of nitrogens with one attached hydrogen (secondary N) is 1. The molecule has 0 unspecified atom stereocenters. The molecule has 0 aliphatic carbocycles. The van der Waals surface area contributed by atoms with E-state index in [0.29, 0.717) is 24.8 Å². The van der Waals surface area contributed by atoms with Crippen molar-refractivity contribution in [3.8, 4) is 5.75 Å². The van der Waals surface area contributed by atoms with E-state index in [9.17, 15) is 9.90 Å². The lowest BCUT2D eigenvalue weighted by atomic mass is 9.78. The van der Waals surface area contributed by atoms with Crippen molar-refractivity contribution >= 4 is 53.6 Å². The van der Waals surface area contributed by atoms with Gasteiger partial charge in [0.2, 0.25) is 0 Å². The molecule has 0 saturated heterocycles. The molecule has 2 rings (SSSR count). The van der Waals surface area contributed by atoms with Gasteiger partial charge in [0.25, 0.3) is 0 Å². The zero-order chi connectivity index (χ0) is 19.3. The Labute approximate surface area is 174 Å². The van der Waals surface area contributed by atoms with E-state index in [1.165, 1.54) is 0 Å². The van der Waals surface area contributed by atoms with Gasteiger partial charge in [-0.3, -0.25) is 4.79 Å². The molecule has 2 N–H and O–H groups in total. The van der Waals surface area contributed by atoms with Gasteiger partial charge in [0.1, 0.15) is 5.75 Å². The Balaban J connectivity index is 2.76. The first kappa shape index (κ1) is 20.7. The van der Waals surface area contributed by atoms with E-state index < -0.39 is 0 Å². The van der Waals surface area contributed by atoms with Gasteiger partial charge in [0.15, 0.2) is 5.78 Å². The van der Waals surface area contributed by atoms with Gasteiger partial charge < -0.3 is 10.1 Å². The lowest BCUT2D eigenvalue weighted by Gasteiger charge is -2.28. The van der Waals surface area contributed by atoms with Crippen molar-refractivity contribution in [2.45, 2.75) is 52.4 Å². The molecule has 0 saturated carbocycles. The fourth-order valence-corrected chi connectivity index (χ4v) is 4.66. The number of halogens is 3. The summed E-state index contributed by atoms with van der Waals surface area (Å²) >= 11 is 10.2. The minimum absolute atomic E-state index is 0.114. The Morgan fingerprint density at radius 3 is 1.68 bits per heavy atom. The third kappa shape index (κ3) is 4.06. The highest BCUT2D eigenvalue weighted by molar-refractivity contribution is 9.13. The maximum atomic E-state index is 13.2. The minimum atomic E-state index is -0.284. The molecular weight excluding hydrogens is 514 g/mol. The number of ketones is 1. The number of aromatic amines is 1. The molecule has 0 aliphatic heterocycles. The molecule has 2 aromatic rings. The molecule has 0 fully saturated rings. The SMILES string of the molecule is CC(C)(C)c1cc(C(=O)c2c(Br)[nH]c(Br)c2Br)cc(C(C)(C)C)c1O. The number of phenols is 1. The summed E-state index contributed by atoms with van der Waals surface area (Å²) in [6, 6.07) is 3.60. The largest absolute Gasteiger partial charge is 0.507 e. The maximum Gasteiger partial charge on any atom is 0.196 e. The molecule has 0 aliphatic rings. The van der Waals surface area contributed by atoms with Crippen LogP contribution in [0.3, 0.4) is 0 Å². The number of benzene rings is 1. The quantitative estimate of drug-likeness (QED) is 0.414. The molecule has 0 bridgehead atoms. The average Bonchev–Trinajstić information content (AvgIpc) is 2.69. The summed E-state index contributed by atoms with van der Waals surface area (Å²) < 4.78 is 1.99. The number of hydrogen-bond donors (Lipinski definition) is 2. The Kier molecular flexibility index (Phi) is 5.68. The third-order valence-corrected chi connectivity index (χ3v) is 6.58. The number of aromatic hydroxyl groups is 1. The second-order valence-corrected chi connectivity index (χ2v) is 10.6. The smallest absolute Gasteiger partial charge is 0.196 e. The Hall–Kier alpha value is -0.590. The van der Waals surface area contributed by atoms with Crippen LogP contribution in [0.2, 0.25) is 0 Å². The average molecular weight is 536 g/mol. The highest BCUT2D eigenvalue weighted by Gasteiger charge is 2.29. The number of carbonyl (C=O) groups excluding carboxylic acids is 1. The molecule has 3 nitrogen and oxygen atoms in total. The van der Waals surface area contributed by atoms with Crippen LogP contribution in [0.4, 0.5) is 0 Å². The zero-order valence-corrected chi connectivity index (χ0v) is 19.9. The summed E-state index contributed by atoms with van der Waals surface area (Å²) in [6.45, 7) is 12.2. The summed E-state index contributed by atoms with van der Waals surface area (Å²) in [5, 5.41) is 10.8. The van der Waals surface area contributed by atoms with Gasteiger partial charge in [0, 0.05) is 16.7 Å². The topological polar surface area (TPSA) is 53.1 Å². The van der Waals surface area contributed by atoms with Crippen molar-refractivity contribution in [1.82, 2.24) is 4.98 Å². The predicted octanol–water partition coefficient (Wildman–Crippen LogP) is 6.83. The summed E-state index contributed by atoms with van der Waals surface area (Å²) in [5.74, 6) is 0.154. The number of aromatic nitrogens is 1. The number of phenolic OH excluding ortho intramolecular Hbond substituents is 1. The summed E-state index contributed by atoms with van der Waals surface area (Å²) in [7, 11) is 0. The van der Waals surface area contributed by atoms with Crippen molar-refractivity contribution in [3.05, 3.63) is 48.1 Å². The molecule has 1 aromatic heterocycles. The Morgan fingerprint density at radius 2 is 1.36 bits per heavy atom. The van der Waals surface area contributed by atoms with E-state index in [1.54, 1.807) is 12.1 Å². The zero-order valence-electron chi connectivity index (χ0n) is 15.1. The molecule has 136 valence electrons. The van der Waals surface area contributed by atoms with Crippen LogP contribution in [0.25, 0.3) is 0 Å². The second kappa shape index (κ2) is 6.86. The Morgan fingerprint density at radius 1 is 0.920 bits per heavy atom. The molecule has 0 atom stereocenters. The van der Waals surface area contributed by atoms with Gasteiger partial charge in [0.05, 0.1) is 19.2 Å². The molecule has 1 aromatic carbocycles. The summed E-state index contributed by atoms with van der Waals surface area (Å²) in [6.07, 6.45) is 0. The summed E-state index contributed by atoms with van der Waals surface area (Å²) in [4.78, 5) is 16.2. The second-order valence-electron chi connectivity index (χ2n) is 8.19. The fourth-order valence-electron chi connectivity index (χ4n) is 2.67. The first-order chi connectivity index (χ1) is 11.2. The van der Waals surface area contributed by atoms with Crippen LogP contribution in [0.15, 0.2) is 25.8 Å². The first-order valence-electron chi connectivity index (χ1n) is 7.90. The van der Waals surface area contributed by atoms with E-state index in [4.69, 9.17) is 0 Å². The molecule has 0 radical (unpaired) electrons. The number of hydrogen-bond acceptors (Lipinski definition) is 2. The molecule has 1 heterocycles. The third-order valence-electron chi connectivity index (χ3n) is 4.07. The summed E-state index contributed by atoms with van der Waals surface area (Å²) in [5.41, 5.74) is 2.05. The standard InChI is InChI=1S/C19H22Br3NO2/c1-18(2,3)10-7-9(8-11(15(10)25)19(4,5)6)14(24)12-13(20)17(22)23-16(12)21/h7-8,23,25H,1-6H3. The van der Waals surface area contributed by atoms with Gasteiger partial charge >= 0.3 is 0 Å². The number of carbonyl (C=O) groups is 1. The van der Waals surface area contributed by atoms with Gasteiger partial charge in [-0.25, -0.2) is 0 Å². The highest BCUT2D eigenvalue weighted by Crippen LogP contribution is 2.41. The van der Waals surface area contributed by atoms with Gasteiger partial charge in [-0.1, -0.05) is 41.5 Å². The van der Waals surface area contributed by atoms with Crippen LogP contribution < -0.4 is 0 Å². The number of H-pyrrole nitrogens is 1. The van der Waals surface area contributed by atoms with Crippen molar-refractivity contribution in [2.24, 2.45) is 0 Å². The van der Waals surface area contributed by atoms with Crippen LogP contribution in [-0.2, 0) is 10.8 Å². The lowest BCUT2D eigenvalue weighted by molar-refractivity contribution is 0.103. The van der Waals surface area contributed by atoms with E-state index in [2.05, 4.69) is 52.8 Å². The Bertz CT molecular complexity index is 805. The molecule has 25 heavy (non-hydrogen) atoms. The van der Waals surface area contributed by atoms with Crippen molar-refractivity contribution in [1.29, 1.82) is 0 Å². The van der Waals surface area contributed by atoms with Gasteiger partial charge in [-0.2, -0.15) is 0 Å². The van der Waals surface area contributed by atoms with Crippen LogP contribution in [0.5, 0.6) is 5.75 Å². The van der Waals surface area contributed by atoms with Crippen LogP contribution in [0.1, 0.15) is 68.6 Å². The maximum absolute atomic E-state index is 13.2. The predicted molar refractivity (Wildman–Crippen MR) is 113 cm³/mol. The van der Waals surface area contributed by atoms with E-state index in [-0.39, 0.29) is 22.4 Å². The monoisotopic (exact) mass is 533 g/mol. The molecule has 6 heteroatoms. The highest BCUT2D eigenvalue weighted by atomic mass is 79.9. The van der Waals surface area contributed by atoms with Crippen molar-refractivity contribution in [2.75, 3.05) is 0 Å². The van der Waals surface area contributed by atoms with Gasteiger partial charge in [-0.15, -0.1) is 0 Å². The normalized spacial score (nSPS) is 12.5. The van der Waals surface area contributed by atoms with E-state index in [1.807, 2.05) is 41.5 Å². The van der Waals surface area contributed by atoms with Crippen molar-refractivity contribution < 1.29 is 9.90 Å². The molecular formula is C19H22Br3NO2. The minimum Gasteiger partial charge on any atom is -0.507 e. The van der Waals surface area contributed by atoms with E-state index in [0.717, 1.165) is 11.1 Å². The van der Waals surface area contributed by atoms with Crippen LogP contribution in [-0.4, -0.2) is 15.9 Å². The van der Waals surface area contributed by atoms with Crippen molar-refractivity contribution in [3.63, 3.8) is 0 Å². The van der Waals surface area contributed by atoms with Crippen LogP contribution in [0, 0.1) is 0 Å².